The summed E-state index contributed by atoms with van der Waals surface area (Å²) in [5.41, 5.74) is 1.21. The van der Waals surface area contributed by atoms with Gasteiger partial charge < -0.3 is 17.8 Å². The molecule has 2 nitrogen and oxygen atoms in total. The lowest BCUT2D eigenvalue weighted by Gasteiger charge is -2.37. The summed E-state index contributed by atoms with van der Waals surface area (Å²) in [4.78, 5) is 3.71. The van der Waals surface area contributed by atoms with Crippen molar-refractivity contribution in [3.05, 3.63) is 35.9 Å². The number of hydrogen-bond acceptors (Lipinski definition) is 2. The van der Waals surface area contributed by atoms with E-state index in [4.69, 9.17) is 0 Å². The van der Waals surface area contributed by atoms with Gasteiger partial charge in [-0.05, 0) is 12.0 Å². The lowest BCUT2D eigenvalue weighted by atomic mass is 9.91. The van der Waals surface area contributed by atoms with E-state index in [0.717, 1.165) is 6.54 Å². The highest BCUT2D eigenvalue weighted by Crippen LogP contribution is 2.13. The van der Waals surface area contributed by atoms with Gasteiger partial charge in [-0.1, -0.05) is 30.3 Å². The van der Waals surface area contributed by atoms with Crippen molar-refractivity contribution in [3.8, 4) is 0 Å². The van der Waals surface area contributed by atoms with E-state index in [-0.39, 0.29) is 0 Å². The molecular weight excluding hydrogens is 240 g/mol. The summed E-state index contributed by atoms with van der Waals surface area (Å²) >= 11 is 0. The predicted molar refractivity (Wildman–Crippen MR) is 67.2 cm³/mol. The van der Waals surface area contributed by atoms with Crippen molar-refractivity contribution in [3.63, 3.8) is 0 Å². The van der Waals surface area contributed by atoms with Crippen LogP contribution in [0.1, 0.15) is 5.56 Å². The van der Waals surface area contributed by atoms with Crippen molar-refractivity contribution in [2.24, 2.45) is 0 Å². The van der Waals surface area contributed by atoms with Crippen LogP contribution < -0.4 is 0 Å². The fraction of sp³-hybridized carbons (Fsp3) is 0.500. The summed E-state index contributed by atoms with van der Waals surface area (Å²) in [5, 5.41) is 0. The normalized spacial score (nSPS) is 19.1. The third-order valence-electron chi connectivity index (χ3n) is 3.18. The van der Waals surface area contributed by atoms with Crippen LogP contribution in [-0.4, -0.2) is 49.4 Å². The topological polar surface area (TPSA) is 6.48 Å². The number of nitrogens with zero attached hydrogens (tertiary/aromatic N) is 2. The molecule has 2 rings (SSSR count). The van der Waals surface area contributed by atoms with Crippen molar-refractivity contribution >= 4 is 6.98 Å². The Morgan fingerprint density at radius 3 is 2.00 bits per heavy atom. The van der Waals surface area contributed by atoms with Gasteiger partial charge in [0.05, 0.1) is 0 Å². The minimum absolute atomic E-state index is 0.508. The Hall–Kier alpha value is -1.01. The first-order chi connectivity index (χ1) is 8.53. The number of halogens is 3. The molecule has 0 amide bonds. The van der Waals surface area contributed by atoms with Crippen LogP contribution in [0.3, 0.4) is 0 Å². The zero-order chi connectivity index (χ0) is 13.0. The third kappa shape index (κ3) is 4.35. The van der Waals surface area contributed by atoms with Gasteiger partial charge >= 0.3 is 6.98 Å². The number of piperazine rings is 1. The van der Waals surface area contributed by atoms with Crippen LogP contribution in [0.5, 0.6) is 0 Å². The fourth-order valence-electron chi connectivity index (χ4n) is 2.26. The molecule has 100 valence electrons. The van der Waals surface area contributed by atoms with Crippen molar-refractivity contribution in [2.75, 3.05) is 32.6 Å². The smallest absolute Gasteiger partial charge is 0.448 e. The highest BCUT2D eigenvalue weighted by Gasteiger charge is 2.28. The zero-order valence-electron chi connectivity index (χ0n) is 10.2. The molecule has 1 fully saturated rings. The predicted octanol–water partition coefficient (Wildman–Crippen LogP) is 2.19. The minimum Gasteiger partial charge on any atom is -0.448 e. The summed E-state index contributed by atoms with van der Waals surface area (Å²) < 4.78 is 36.9. The maximum atomic E-state index is 12.3. The lowest BCUT2D eigenvalue weighted by molar-refractivity contribution is 0.133. The molecule has 0 aromatic heterocycles. The van der Waals surface area contributed by atoms with E-state index in [1.165, 1.54) is 10.5 Å². The van der Waals surface area contributed by atoms with E-state index < -0.39 is 13.4 Å². The summed E-state index contributed by atoms with van der Waals surface area (Å²) in [5.74, 6) is 0. The average molecular weight is 257 g/mol. The maximum Gasteiger partial charge on any atom is 0.492 e. The molecule has 0 aliphatic carbocycles. The SMILES string of the molecule is F[B-](F)(F)CN1CCN(Cc2ccccc2)CC1. The Kier molecular flexibility index (Phi) is 4.29. The molecular formula is C12H17BF3N2-. The van der Waals surface area contributed by atoms with Crippen LogP contribution in [0.15, 0.2) is 30.3 Å². The number of benzene rings is 1. The standard InChI is InChI=1S/C12H17BF3N2/c14-13(15,16)11-18-8-6-17(7-9-18)10-12-4-2-1-3-5-12/h1-5H,6-11H2/q-1. The second-order valence-electron chi connectivity index (χ2n) is 4.77. The van der Waals surface area contributed by atoms with Crippen molar-refractivity contribution in [1.29, 1.82) is 0 Å². The molecule has 0 atom stereocenters. The highest BCUT2D eigenvalue weighted by atomic mass is 19.4. The van der Waals surface area contributed by atoms with E-state index in [1.54, 1.807) is 0 Å². The Morgan fingerprint density at radius 1 is 0.889 bits per heavy atom. The van der Waals surface area contributed by atoms with Crippen LogP contribution >= 0.6 is 0 Å². The zero-order valence-corrected chi connectivity index (χ0v) is 10.2. The second-order valence-corrected chi connectivity index (χ2v) is 4.77. The molecule has 1 heterocycles. The first-order valence-corrected chi connectivity index (χ1v) is 6.22. The van der Waals surface area contributed by atoms with Crippen molar-refractivity contribution in [1.82, 2.24) is 9.80 Å². The summed E-state index contributed by atoms with van der Waals surface area (Å²) in [6.07, 6.45) is -0.723. The molecule has 1 aromatic rings. The van der Waals surface area contributed by atoms with Crippen LogP contribution in [0, 0.1) is 0 Å². The van der Waals surface area contributed by atoms with Gasteiger partial charge in [0, 0.05) is 32.7 Å². The molecule has 0 spiro atoms. The molecule has 0 bridgehead atoms. The number of rotatable bonds is 4. The quantitative estimate of drug-likeness (QED) is 0.763. The lowest BCUT2D eigenvalue weighted by Crippen LogP contribution is -2.50. The van der Waals surface area contributed by atoms with Gasteiger partial charge in [0.1, 0.15) is 0 Å². The van der Waals surface area contributed by atoms with E-state index >= 15 is 0 Å². The monoisotopic (exact) mass is 257 g/mol. The van der Waals surface area contributed by atoms with Crippen LogP contribution in [0.4, 0.5) is 12.9 Å². The molecule has 1 aromatic carbocycles. The largest absolute Gasteiger partial charge is 0.492 e. The first kappa shape index (κ1) is 13.4. The van der Waals surface area contributed by atoms with Crippen molar-refractivity contribution < 1.29 is 12.9 Å². The molecule has 0 unspecified atom stereocenters. The minimum atomic E-state index is -4.69. The van der Waals surface area contributed by atoms with Gasteiger partial charge in [0.15, 0.2) is 0 Å². The molecule has 1 aliphatic rings. The molecule has 6 heteroatoms. The summed E-state index contributed by atoms with van der Waals surface area (Å²) in [6, 6.07) is 10.0. The molecule has 1 saturated heterocycles. The van der Waals surface area contributed by atoms with Gasteiger partial charge in [0.25, 0.3) is 0 Å². The Bertz CT molecular complexity index is 361. The Labute approximate surface area is 105 Å². The van der Waals surface area contributed by atoms with E-state index in [2.05, 4.69) is 4.90 Å². The van der Waals surface area contributed by atoms with Gasteiger partial charge in [-0.3, -0.25) is 4.90 Å². The number of hydrogen-bond donors (Lipinski definition) is 0. The van der Waals surface area contributed by atoms with Gasteiger partial charge in [-0.25, -0.2) is 0 Å². The Balaban J connectivity index is 1.77. The average Bonchev–Trinajstić information content (AvgIpc) is 2.31. The fourth-order valence-corrected chi connectivity index (χ4v) is 2.26. The second kappa shape index (κ2) is 5.76. The third-order valence-corrected chi connectivity index (χ3v) is 3.18. The molecule has 1 aliphatic heterocycles. The summed E-state index contributed by atoms with van der Waals surface area (Å²) in [6.45, 7) is -1.43. The first-order valence-electron chi connectivity index (χ1n) is 6.22. The van der Waals surface area contributed by atoms with Crippen LogP contribution in [0.25, 0.3) is 0 Å². The summed E-state index contributed by atoms with van der Waals surface area (Å²) in [7, 11) is 0. The molecule has 0 N–H and O–H groups in total. The molecule has 0 radical (unpaired) electrons. The van der Waals surface area contributed by atoms with Crippen LogP contribution in [0.2, 0.25) is 0 Å². The van der Waals surface area contributed by atoms with E-state index in [0.29, 0.717) is 26.2 Å². The van der Waals surface area contributed by atoms with E-state index in [9.17, 15) is 12.9 Å². The van der Waals surface area contributed by atoms with Crippen LogP contribution in [-0.2, 0) is 6.54 Å². The Morgan fingerprint density at radius 2 is 1.44 bits per heavy atom. The van der Waals surface area contributed by atoms with Gasteiger partial charge in [-0.2, -0.15) is 0 Å². The van der Waals surface area contributed by atoms with E-state index in [1.807, 2.05) is 30.3 Å². The molecule has 18 heavy (non-hydrogen) atoms. The van der Waals surface area contributed by atoms with Gasteiger partial charge in [-0.15, -0.1) is 0 Å². The van der Waals surface area contributed by atoms with Crippen molar-refractivity contribution in [2.45, 2.75) is 6.54 Å². The maximum absolute atomic E-state index is 12.3. The van der Waals surface area contributed by atoms with Gasteiger partial charge in [0.2, 0.25) is 0 Å². The molecule has 0 saturated carbocycles. The highest BCUT2D eigenvalue weighted by molar-refractivity contribution is 6.58.